The Morgan fingerprint density at radius 2 is 2.45 bits per heavy atom. The summed E-state index contributed by atoms with van der Waals surface area (Å²) in [7, 11) is 0. The van der Waals surface area contributed by atoms with Gasteiger partial charge >= 0.3 is 6.03 Å². The summed E-state index contributed by atoms with van der Waals surface area (Å²) in [5, 5.41) is 3.97. The van der Waals surface area contributed by atoms with E-state index in [1.54, 1.807) is 11.3 Å². The van der Waals surface area contributed by atoms with E-state index in [9.17, 15) is 4.79 Å². The van der Waals surface area contributed by atoms with Gasteiger partial charge in [0.05, 0.1) is 24.8 Å². The van der Waals surface area contributed by atoms with Gasteiger partial charge in [-0.25, -0.2) is 9.78 Å². The molecule has 0 aliphatic carbocycles. The van der Waals surface area contributed by atoms with Crippen molar-refractivity contribution in [2.24, 2.45) is 0 Å². The third kappa shape index (κ3) is 3.49. The molecule has 1 aromatic rings. The van der Waals surface area contributed by atoms with Gasteiger partial charge in [-0.05, 0) is 27.2 Å². The van der Waals surface area contributed by atoms with Gasteiger partial charge in [-0.1, -0.05) is 6.92 Å². The lowest BCUT2D eigenvalue weighted by Gasteiger charge is -2.40. The van der Waals surface area contributed by atoms with Gasteiger partial charge in [0, 0.05) is 17.6 Å². The van der Waals surface area contributed by atoms with Gasteiger partial charge in [0.2, 0.25) is 0 Å². The number of thiazole rings is 1. The molecule has 1 N–H and O–H groups in total. The molecule has 0 unspecified atom stereocenters. The van der Waals surface area contributed by atoms with E-state index in [4.69, 9.17) is 4.74 Å². The molecule has 0 bridgehead atoms. The van der Waals surface area contributed by atoms with Crippen molar-refractivity contribution in [1.82, 2.24) is 15.2 Å². The Balaban J connectivity index is 1.94. The van der Waals surface area contributed by atoms with Gasteiger partial charge in [-0.3, -0.25) is 0 Å². The van der Waals surface area contributed by atoms with Gasteiger partial charge in [0.1, 0.15) is 5.01 Å². The van der Waals surface area contributed by atoms with Crippen LogP contribution in [0.4, 0.5) is 4.79 Å². The summed E-state index contributed by atoms with van der Waals surface area (Å²) in [6.07, 6.45) is 2.74. The standard InChI is InChI=1S/C14H23N3O2S/c1-5-14(4)9-17(6-7-19-14)13(18)16-11(3)12-15-8-10(2)20-12/h8,11H,5-7,9H2,1-4H3,(H,16,18)/t11-,14-/m0/s1. The van der Waals surface area contributed by atoms with Crippen LogP contribution in [0.25, 0.3) is 0 Å². The first-order valence-electron chi connectivity index (χ1n) is 7.05. The summed E-state index contributed by atoms with van der Waals surface area (Å²) >= 11 is 1.62. The second kappa shape index (κ2) is 6.10. The Labute approximate surface area is 124 Å². The summed E-state index contributed by atoms with van der Waals surface area (Å²) in [5.74, 6) is 0. The summed E-state index contributed by atoms with van der Waals surface area (Å²) < 4.78 is 5.76. The number of nitrogens with one attached hydrogen (secondary N) is 1. The highest BCUT2D eigenvalue weighted by atomic mass is 32.1. The first kappa shape index (κ1) is 15.3. The fourth-order valence-electron chi connectivity index (χ4n) is 2.23. The summed E-state index contributed by atoms with van der Waals surface area (Å²) in [4.78, 5) is 19.6. The number of carbonyl (C=O) groups excluding carboxylic acids is 1. The number of rotatable bonds is 3. The Morgan fingerprint density at radius 1 is 1.70 bits per heavy atom. The molecule has 1 aliphatic heterocycles. The minimum Gasteiger partial charge on any atom is -0.372 e. The average Bonchev–Trinajstić information content (AvgIpc) is 2.85. The number of hydrogen-bond acceptors (Lipinski definition) is 4. The normalized spacial score (nSPS) is 24.5. The Bertz CT molecular complexity index is 477. The quantitative estimate of drug-likeness (QED) is 0.933. The molecule has 1 aromatic heterocycles. The number of ether oxygens (including phenoxy) is 1. The van der Waals surface area contributed by atoms with Crippen LogP contribution in [0.1, 0.15) is 43.1 Å². The van der Waals surface area contributed by atoms with Gasteiger partial charge in [0.15, 0.2) is 0 Å². The number of hydrogen-bond donors (Lipinski definition) is 1. The van der Waals surface area contributed by atoms with Crippen molar-refractivity contribution in [3.8, 4) is 0 Å². The fourth-order valence-corrected chi connectivity index (χ4v) is 3.00. The molecule has 20 heavy (non-hydrogen) atoms. The van der Waals surface area contributed by atoms with E-state index in [1.165, 1.54) is 0 Å². The highest BCUT2D eigenvalue weighted by molar-refractivity contribution is 7.11. The largest absolute Gasteiger partial charge is 0.372 e. The van der Waals surface area contributed by atoms with Gasteiger partial charge < -0.3 is 15.0 Å². The molecule has 112 valence electrons. The maximum atomic E-state index is 12.3. The van der Waals surface area contributed by atoms with Crippen molar-refractivity contribution in [1.29, 1.82) is 0 Å². The van der Waals surface area contributed by atoms with Crippen LogP contribution in [0.15, 0.2) is 6.20 Å². The van der Waals surface area contributed by atoms with Crippen LogP contribution in [0.5, 0.6) is 0 Å². The first-order valence-corrected chi connectivity index (χ1v) is 7.87. The second-order valence-electron chi connectivity index (χ2n) is 5.55. The number of aromatic nitrogens is 1. The van der Waals surface area contributed by atoms with Crippen LogP contribution in [0.3, 0.4) is 0 Å². The summed E-state index contributed by atoms with van der Waals surface area (Å²) in [5.41, 5.74) is -0.226. The van der Waals surface area contributed by atoms with E-state index < -0.39 is 0 Å². The minimum absolute atomic E-state index is 0.0340. The predicted molar refractivity (Wildman–Crippen MR) is 80.0 cm³/mol. The zero-order valence-electron chi connectivity index (χ0n) is 12.6. The fraction of sp³-hybridized carbons (Fsp3) is 0.714. The van der Waals surface area contributed by atoms with Crippen LogP contribution in [0, 0.1) is 6.92 Å². The van der Waals surface area contributed by atoms with Crippen molar-refractivity contribution in [2.75, 3.05) is 19.7 Å². The predicted octanol–water partition coefficient (Wildman–Crippen LogP) is 2.72. The van der Waals surface area contributed by atoms with Crippen LogP contribution < -0.4 is 5.32 Å². The van der Waals surface area contributed by atoms with E-state index in [0.29, 0.717) is 19.7 Å². The van der Waals surface area contributed by atoms with E-state index in [2.05, 4.69) is 24.1 Å². The number of amides is 2. The molecule has 0 aromatic carbocycles. The molecule has 2 heterocycles. The molecule has 2 rings (SSSR count). The molecular formula is C14H23N3O2S. The molecule has 2 atom stereocenters. The lowest BCUT2D eigenvalue weighted by molar-refractivity contribution is -0.0874. The number of morpholine rings is 1. The molecule has 0 radical (unpaired) electrons. The molecule has 0 spiro atoms. The molecule has 5 nitrogen and oxygen atoms in total. The van der Waals surface area contributed by atoms with Crippen LogP contribution in [-0.2, 0) is 4.74 Å². The van der Waals surface area contributed by atoms with Crippen molar-refractivity contribution < 1.29 is 9.53 Å². The smallest absolute Gasteiger partial charge is 0.318 e. The zero-order chi connectivity index (χ0) is 14.8. The highest BCUT2D eigenvalue weighted by Gasteiger charge is 2.33. The monoisotopic (exact) mass is 297 g/mol. The Hall–Kier alpha value is -1.14. The number of carbonyl (C=O) groups is 1. The molecule has 1 aliphatic rings. The minimum atomic E-state index is -0.226. The molecule has 0 saturated carbocycles. The lowest BCUT2D eigenvalue weighted by atomic mass is 10.0. The van der Waals surface area contributed by atoms with Crippen LogP contribution in [-0.4, -0.2) is 41.2 Å². The molecule has 6 heteroatoms. The topological polar surface area (TPSA) is 54.5 Å². The summed E-state index contributed by atoms with van der Waals surface area (Å²) in [6, 6.07) is -0.0924. The molecule has 1 saturated heterocycles. The number of nitrogens with zero attached hydrogens (tertiary/aromatic N) is 2. The molecular weight excluding hydrogens is 274 g/mol. The molecule has 2 amide bonds. The highest BCUT2D eigenvalue weighted by Crippen LogP contribution is 2.22. The SMILES string of the molecule is CC[C@@]1(C)CN(C(=O)N[C@@H](C)c2ncc(C)s2)CCO1. The van der Waals surface area contributed by atoms with Gasteiger partial charge in [-0.2, -0.15) is 0 Å². The molecule has 1 fully saturated rings. The van der Waals surface area contributed by atoms with Crippen molar-refractivity contribution >= 4 is 17.4 Å². The first-order chi connectivity index (χ1) is 9.43. The van der Waals surface area contributed by atoms with E-state index in [-0.39, 0.29) is 17.7 Å². The zero-order valence-corrected chi connectivity index (χ0v) is 13.4. The maximum Gasteiger partial charge on any atom is 0.318 e. The van der Waals surface area contributed by atoms with Crippen molar-refractivity contribution in [2.45, 2.75) is 45.8 Å². The van der Waals surface area contributed by atoms with E-state index in [1.807, 2.05) is 24.9 Å². The lowest BCUT2D eigenvalue weighted by Crippen LogP contribution is -2.54. The summed E-state index contributed by atoms with van der Waals surface area (Å²) in [6.45, 7) is 10.0. The van der Waals surface area contributed by atoms with Gasteiger partial charge in [-0.15, -0.1) is 11.3 Å². The maximum absolute atomic E-state index is 12.3. The van der Waals surface area contributed by atoms with Gasteiger partial charge in [0.25, 0.3) is 0 Å². The number of aryl methyl sites for hydroxylation is 1. The van der Waals surface area contributed by atoms with Crippen molar-refractivity contribution in [3.05, 3.63) is 16.1 Å². The van der Waals surface area contributed by atoms with Crippen LogP contribution in [0.2, 0.25) is 0 Å². The Morgan fingerprint density at radius 3 is 3.05 bits per heavy atom. The number of urea groups is 1. The average molecular weight is 297 g/mol. The van der Waals surface area contributed by atoms with Crippen molar-refractivity contribution in [3.63, 3.8) is 0 Å². The Kier molecular flexibility index (Phi) is 4.65. The second-order valence-corrected chi connectivity index (χ2v) is 6.82. The third-order valence-electron chi connectivity index (χ3n) is 3.72. The third-order valence-corrected chi connectivity index (χ3v) is 4.82. The van der Waals surface area contributed by atoms with E-state index >= 15 is 0 Å². The van der Waals surface area contributed by atoms with E-state index in [0.717, 1.165) is 16.3 Å². The van der Waals surface area contributed by atoms with Crippen LogP contribution >= 0.6 is 11.3 Å².